The van der Waals surface area contributed by atoms with Gasteiger partial charge in [-0.3, -0.25) is 4.48 Å². The monoisotopic (exact) mass is 151 g/mol. The summed E-state index contributed by atoms with van der Waals surface area (Å²) in [5.74, 6) is 1.10. The molecule has 0 N–H and O–H groups in total. The summed E-state index contributed by atoms with van der Waals surface area (Å²) in [7, 11) is 6.34. The highest BCUT2D eigenvalue weighted by atomic mass is 15.3. The van der Waals surface area contributed by atoms with E-state index in [4.69, 9.17) is 0 Å². The average molecular weight is 151 g/mol. The Morgan fingerprint density at radius 1 is 1.27 bits per heavy atom. The van der Waals surface area contributed by atoms with Crippen LogP contribution in [0.3, 0.4) is 0 Å². The Balaban J connectivity index is 3.06. The lowest BCUT2D eigenvalue weighted by Gasteiger charge is -2.21. The van der Waals surface area contributed by atoms with Crippen molar-refractivity contribution in [3.05, 3.63) is 23.9 Å². The lowest BCUT2D eigenvalue weighted by Crippen LogP contribution is -2.35. The molecule has 1 rings (SSSR count). The van der Waals surface area contributed by atoms with E-state index in [1.165, 1.54) is 5.56 Å². The second-order valence-electron chi connectivity index (χ2n) is 3.70. The van der Waals surface area contributed by atoms with Gasteiger partial charge in [0.2, 0.25) is 5.82 Å². The number of hydrogen-bond donors (Lipinski definition) is 0. The van der Waals surface area contributed by atoms with Crippen molar-refractivity contribution in [2.45, 2.75) is 6.92 Å². The summed E-state index contributed by atoms with van der Waals surface area (Å²) >= 11 is 0. The Hall–Kier alpha value is -0.890. The second kappa shape index (κ2) is 2.62. The molecule has 0 amide bonds. The van der Waals surface area contributed by atoms with Crippen molar-refractivity contribution < 1.29 is 0 Å². The molecular formula is C9H15N2+. The number of aryl methyl sites for hydroxylation is 1. The molecule has 11 heavy (non-hydrogen) atoms. The van der Waals surface area contributed by atoms with Crippen molar-refractivity contribution in [3.8, 4) is 0 Å². The molecule has 0 radical (unpaired) electrons. The van der Waals surface area contributed by atoms with Gasteiger partial charge < -0.3 is 0 Å². The third-order valence-electron chi connectivity index (χ3n) is 1.59. The molecule has 0 aliphatic heterocycles. The smallest absolute Gasteiger partial charge is 0.227 e. The number of nitrogens with zero attached hydrogens (tertiary/aromatic N) is 2. The highest BCUT2D eigenvalue weighted by Crippen LogP contribution is 2.13. The van der Waals surface area contributed by atoms with Gasteiger partial charge in [0.15, 0.2) is 0 Å². The van der Waals surface area contributed by atoms with Crippen LogP contribution in [0.1, 0.15) is 5.56 Å². The number of rotatable bonds is 1. The molecule has 0 atom stereocenters. The molecule has 0 aromatic carbocycles. The molecule has 2 heteroatoms. The van der Waals surface area contributed by atoms with E-state index in [2.05, 4.69) is 39.1 Å². The summed E-state index contributed by atoms with van der Waals surface area (Å²) in [6, 6.07) is 4.12. The van der Waals surface area contributed by atoms with Gasteiger partial charge in [0, 0.05) is 12.3 Å². The van der Waals surface area contributed by atoms with Gasteiger partial charge in [-0.2, -0.15) is 0 Å². The minimum atomic E-state index is 0.779. The maximum atomic E-state index is 4.28. The third kappa shape index (κ3) is 2.02. The topological polar surface area (TPSA) is 12.9 Å². The highest BCUT2D eigenvalue weighted by molar-refractivity contribution is 5.34. The van der Waals surface area contributed by atoms with Crippen LogP contribution in [0.25, 0.3) is 0 Å². The molecule has 1 heterocycles. The molecule has 0 bridgehead atoms. The normalized spacial score (nSPS) is 11.6. The van der Waals surface area contributed by atoms with Gasteiger partial charge in [0.05, 0.1) is 21.1 Å². The Morgan fingerprint density at radius 2 is 1.91 bits per heavy atom. The van der Waals surface area contributed by atoms with Crippen molar-refractivity contribution in [1.82, 2.24) is 9.47 Å². The van der Waals surface area contributed by atoms with Crippen molar-refractivity contribution in [1.29, 1.82) is 0 Å². The summed E-state index contributed by atoms with van der Waals surface area (Å²) in [4.78, 5) is 4.28. The molecule has 1 aromatic rings. The number of aromatic nitrogens is 1. The molecule has 0 spiro atoms. The zero-order valence-electron chi connectivity index (χ0n) is 7.63. The van der Waals surface area contributed by atoms with Gasteiger partial charge >= 0.3 is 0 Å². The van der Waals surface area contributed by atoms with Crippen LogP contribution in [-0.4, -0.2) is 26.1 Å². The molecule has 2 nitrogen and oxygen atoms in total. The molecule has 0 unspecified atom stereocenters. The molecule has 0 saturated carbocycles. The summed E-state index contributed by atoms with van der Waals surface area (Å²) in [5, 5.41) is 0. The molecule has 1 aromatic heterocycles. The fraction of sp³-hybridized carbons (Fsp3) is 0.444. The van der Waals surface area contributed by atoms with E-state index < -0.39 is 0 Å². The van der Waals surface area contributed by atoms with Crippen LogP contribution in [0.4, 0.5) is 5.82 Å². The Bertz CT molecular complexity index is 248. The number of quaternary nitrogens is 1. The van der Waals surface area contributed by atoms with E-state index in [0.717, 1.165) is 10.3 Å². The van der Waals surface area contributed by atoms with Gasteiger partial charge in [0.1, 0.15) is 0 Å². The van der Waals surface area contributed by atoms with Crippen LogP contribution in [0.5, 0.6) is 0 Å². The van der Waals surface area contributed by atoms with Crippen LogP contribution in [0.2, 0.25) is 0 Å². The van der Waals surface area contributed by atoms with Gasteiger partial charge in [-0.1, -0.05) is 0 Å². The average Bonchev–Trinajstić information content (AvgIpc) is 1.86. The summed E-state index contributed by atoms with van der Waals surface area (Å²) in [5.41, 5.74) is 1.27. The first kappa shape index (κ1) is 8.21. The highest BCUT2D eigenvalue weighted by Gasteiger charge is 2.12. The quantitative estimate of drug-likeness (QED) is 0.555. The number of pyridine rings is 1. The maximum absolute atomic E-state index is 4.28. The van der Waals surface area contributed by atoms with Gasteiger partial charge in [-0.05, 0) is 18.6 Å². The molecule has 0 aliphatic rings. The zero-order chi connectivity index (χ0) is 8.48. The van der Waals surface area contributed by atoms with Crippen molar-refractivity contribution in [2.24, 2.45) is 0 Å². The maximum Gasteiger partial charge on any atom is 0.227 e. The zero-order valence-corrected chi connectivity index (χ0v) is 7.63. The summed E-state index contributed by atoms with van der Waals surface area (Å²) < 4.78 is 0.779. The van der Waals surface area contributed by atoms with Gasteiger partial charge in [-0.15, -0.1) is 0 Å². The standard InChI is InChI=1S/C9H15N2/c1-8-5-6-10-9(7-8)11(2,3)4/h5-7H,1-4H3/q+1. The SMILES string of the molecule is Cc1ccnc([N+](C)(C)C)c1. The van der Waals surface area contributed by atoms with E-state index >= 15 is 0 Å². The first-order valence-corrected chi connectivity index (χ1v) is 3.75. The van der Waals surface area contributed by atoms with Crippen LogP contribution in [0, 0.1) is 6.92 Å². The first-order chi connectivity index (χ1) is 5.00. The van der Waals surface area contributed by atoms with Gasteiger partial charge in [0.25, 0.3) is 0 Å². The van der Waals surface area contributed by atoms with Crippen molar-refractivity contribution in [3.63, 3.8) is 0 Å². The van der Waals surface area contributed by atoms with E-state index in [1.807, 2.05) is 12.3 Å². The Kier molecular flexibility index (Phi) is 1.96. The van der Waals surface area contributed by atoms with Crippen molar-refractivity contribution >= 4 is 5.82 Å². The van der Waals surface area contributed by atoms with E-state index in [1.54, 1.807) is 0 Å². The predicted molar refractivity (Wildman–Crippen MR) is 48.5 cm³/mol. The molecular weight excluding hydrogens is 136 g/mol. The minimum absolute atomic E-state index is 0.779. The van der Waals surface area contributed by atoms with Crippen LogP contribution in [0.15, 0.2) is 18.3 Å². The fourth-order valence-electron chi connectivity index (χ4n) is 0.887. The molecule has 0 aliphatic carbocycles. The number of hydrogen-bond acceptors (Lipinski definition) is 1. The second-order valence-corrected chi connectivity index (χ2v) is 3.70. The van der Waals surface area contributed by atoms with Crippen molar-refractivity contribution in [2.75, 3.05) is 21.1 Å². The first-order valence-electron chi connectivity index (χ1n) is 3.75. The molecule has 0 saturated heterocycles. The Labute approximate surface area is 68.1 Å². The Morgan fingerprint density at radius 3 is 2.27 bits per heavy atom. The fourth-order valence-corrected chi connectivity index (χ4v) is 0.887. The van der Waals surface area contributed by atoms with Crippen LogP contribution < -0.4 is 4.48 Å². The van der Waals surface area contributed by atoms with Gasteiger partial charge in [-0.25, -0.2) is 4.98 Å². The van der Waals surface area contributed by atoms with E-state index in [0.29, 0.717) is 0 Å². The summed E-state index contributed by atoms with van der Waals surface area (Å²) in [6.45, 7) is 2.08. The molecule has 0 fully saturated rings. The third-order valence-corrected chi connectivity index (χ3v) is 1.59. The minimum Gasteiger partial charge on any atom is -0.282 e. The molecule has 60 valence electrons. The van der Waals surface area contributed by atoms with E-state index in [-0.39, 0.29) is 0 Å². The predicted octanol–water partition coefficient (Wildman–Crippen LogP) is 1.59. The largest absolute Gasteiger partial charge is 0.282 e. The van der Waals surface area contributed by atoms with E-state index in [9.17, 15) is 0 Å². The lowest BCUT2D eigenvalue weighted by atomic mass is 10.3. The van der Waals surface area contributed by atoms with Crippen LogP contribution >= 0.6 is 0 Å². The summed E-state index contributed by atoms with van der Waals surface area (Å²) in [6.07, 6.45) is 1.86. The van der Waals surface area contributed by atoms with Crippen LogP contribution in [-0.2, 0) is 0 Å². The lowest BCUT2D eigenvalue weighted by molar-refractivity contribution is 0.473.